The van der Waals surface area contributed by atoms with Crippen molar-refractivity contribution in [2.24, 2.45) is 0 Å². The molecule has 0 spiro atoms. The molecule has 9 heteroatoms. The smallest absolute Gasteiger partial charge is 0.345 e. The molecule has 0 unspecified atom stereocenters. The monoisotopic (exact) mass is 335 g/mol. The molecule has 1 heterocycles. The van der Waals surface area contributed by atoms with Gasteiger partial charge in [0, 0.05) is 23.8 Å². The Hall–Kier alpha value is -1.96. The fourth-order valence-corrected chi connectivity index (χ4v) is 2.14. The van der Waals surface area contributed by atoms with Gasteiger partial charge >= 0.3 is 12.2 Å². The minimum absolute atomic E-state index is 0.265. The Balaban J connectivity index is 1.91. The van der Waals surface area contributed by atoms with Crippen molar-refractivity contribution in [2.75, 3.05) is 31.1 Å². The van der Waals surface area contributed by atoms with Gasteiger partial charge in [-0.05, 0) is 24.3 Å². The van der Waals surface area contributed by atoms with Crippen LogP contribution in [0.5, 0.6) is 0 Å². The Morgan fingerprint density at radius 2 is 1.86 bits per heavy atom. The van der Waals surface area contributed by atoms with E-state index in [4.69, 9.17) is 11.6 Å². The molecule has 5 nitrogen and oxygen atoms in total. The molecule has 1 saturated heterocycles. The van der Waals surface area contributed by atoms with Crippen molar-refractivity contribution in [2.45, 2.75) is 6.18 Å². The van der Waals surface area contributed by atoms with Crippen molar-refractivity contribution < 1.29 is 22.8 Å². The number of amides is 3. The lowest BCUT2D eigenvalue weighted by atomic mass is 10.3. The Kier molecular flexibility index (Phi) is 4.80. The summed E-state index contributed by atoms with van der Waals surface area (Å²) in [5.74, 6) is -0.844. The van der Waals surface area contributed by atoms with E-state index in [1.807, 2.05) is 0 Å². The van der Waals surface area contributed by atoms with Crippen LogP contribution in [0.3, 0.4) is 0 Å². The lowest BCUT2D eigenvalue weighted by molar-refractivity contribution is -0.138. The summed E-state index contributed by atoms with van der Waals surface area (Å²) in [6.45, 7) is -1.19. The van der Waals surface area contributed by atoms with Gasteiger partial charge in [0.15, 0.2) is 0 Å². The van der Waals surface area contributed by atoms with Crippen LogP contribution in [0.25, 0.3) is 0 Å². The van der Waals surface area contributed by atoms with Gasteiger partial charge in [0.1, 0.15) is 13.1 Å². The molecule has 22 heavy (non-hydrogen) atoms. The summed E-state index contributed by atoms with van der Waals surface area (Å²) in [4.78, 5) is 26.2. The molecule has 1 aromatic carbocycles. The first-order chi connectivity index (χ1) is 10.3. The number of hydrogen-bond donors (Lipinski definition) is 1. The van der Waals surface area contributed by atoms with Crippen LogP contribution in [0.2, 0.25) is 5.02 Å². The molecule has 1 N–H and O–H groups in total. The van der Waals surface area contributed by atoms with E-state index in [-0.39, 0.29) is 6.54 Å². The zero-order valence-corrected chi connectivity index (χ0v) is 12.1. The number of rotatable bonds is 4. The largest absolute Gasteiger partial charge is 0.405 e. The van der Waals surface area contributed by atoms with E-state index in [0.29, 0.717) is 17.3 Å². The highest BCUT2D eigenvalue weighted by molar-refractivity contribution is 6.30. The second kappa shape index (κ2) is 6.43. The molecule has 0 saturated carbocycles. The molecular formula is C13H13ClF3N3O2. The van der Waals surface area contributed by atoms with Crippen molar-refractivity contribution in [3.05, 3.63) is 29.3 Å². The fourth-order valence-electron chi connectivity index (χ4n) is 2.02. The fraction of sp³-hybridized carbons (Fsp3) is 0.385. The topological polar surface area (TPSA) is 52.7 Å². The van der Waals surface area contributed by atoms with Gasteiger partial charge in [0.2, 0.25) is 5.91 Å². The summed E-state index contributed by atoms with van der Waals surface area (Å²) in [7, 11) is 0. The van der Waals surface area contributed by atoms with Crippen LogP contribution >= 0.6 is 11.6 Å². The lowest BCUT2D eigenvalue weighted by Gasteiger charge is -2.18. The molecule has 1 fully saturated rings. The van der Waals surface area contributed by atoms with Gasteiger partial charge in [0.25, 0.3) is 0 Å². The van der Waals surface area contributed by atoms with Crippen LogP contribution < -0.4 is 10.2 Å². The summed E-state index contributed by atoms with van der Waals surface area (Å²) in [5.41, 5.74) is 0.618. The van der Waals surface area contributed by atoms with Gasteiger partial charge in [-0.1, -0.05) is 11.6 Å². The van der Waals surface area contributed by atoms with E-state index < -0.39 is 31.2 Å². The first-order valence-electron chi connectivity index (χ1n) is 6.42. The molecule has 1 aliphatic rings. The quantitative estimate of drug-likeness (QED) is 0.917. The van der Waals surface area contributed by atoms with E-state index in [2.05, 4.69) is 0 Å². The number of benzene rings is 1. The standard InChI is InChI=1S/C13H13ClF3N3O2/c14-9-1-3-10(4-2-9)20-6-5-19(12(20)22)7-11(21)18-8-13(15,16)17/h1-4H,5-8H2,(H,18,21). The van der Waals surface area contributed by atoms with Crippen LogP contribution in [-0.2, 0) is 4.79 Å². The van der Waals surface area contributed by atoms with E-state index in [1.54, 1.807) is 29.6 Å². The zero-order valence-electron chi connectivity index (χ0n) is 11.4. The van der Waals surface area contributed by atoms with Gasteiger partial charge in [0.05, 0.1) is 0 Å². The Morgan fingerprint density at radius 3 is 2.45 bits per heavy atom. The number of halogens is 4. The second-order valence-electron chi connectivity index (χ2n) is 4.72. The first-order valence-corrected chi connectivity index (χ1v) is 6.79. The number of nitrogens with zero attached hydrogens (tertiary/aromatic N) is 2. The van der Waals surface area contributed by atoms with Crippen molar-refractivity contribution in [1.82, 2.24) is 10.2 Å². The molecule has 0 aromatic heterocycles. The highest BCUT2D eigenvalue weighted by Crippen LogP contribution is 2.22. The third-order valence-corrected chi connectivity index (χ3v) is 3.31. The van der Waals surface area contributed by atoms with E-state index >= 15 is 0 Å². The highest BCUT2D eigenvalue weighted by atomic mass is 35.5. The Morgan fingerprint density at radius 1 is 1.23 bits per heavy atom. The number of anilines is 1. The number of hydrogen-bond acceptors (Lipinski definition) is 2. The predicted octanol–water partition coefficient (Wildman–Crippen LogP) is 2.26. The number of nitrogens with one attached hydrogen (secondary N) is 1. The van der Waals surface area contributed by atoms with Crippen molar-refractivity contribution in [3.8, 4) is 0 Å². The minimum Gasteiger partial charge on any atom is -0.345 e. The number of alkyl halides is 3. The number of urea groups is 1. The summed E-state index contributed by atoms with van der Waals surface area (Å²) >= 11 is 5.77. The molecule has 0 bridgehead atoms. The summed E-state index contributed by atoms with van der Waals surface area (Å²) in [5, 5.41) is 2.26. The Bertz CT molecular complexity index is 563. The van der Waals surface area contributed by atoms with Crippen LogP contribution in [0.15, 0.2) is 24.3 Å². The third kappa shape index (κ3) is 4.27. The highest BCUT2D eigenvalue weighted by Gasteiger charge is 2.32. The maximum atomic E-state index is 12.1. The molecule has 120 valence electrons. The summed E-state index contributed by atoms with van der Waals surface area (Å²) in [6, 6.07) is 6.15. The normalized spacial score (nSPS) is 15.4. The zero-order chi connectivity index (χ0) is 16.3. The van der Waals surface area contributed by atoms with Crippen LogP contribution in [-0.4, -0.2) is 49.2 Å². The third-order valence-electron chi connectivity index (χ3n) is 3.05. The second-order valence-corrected chi connectivity index (χ2v) is 5.16. The van der Waals surface area contributed by atoms with E-state index in [9.17, 15) is 22.8 Å². The van der Waals surface area contributed by atoms with Crippen molar-refractivity contribution >= 4 is 29.2 Å². The molecule has 0 aliphatic carbocycles. The first kappa shape index (κ1) is 16.4. The SMILES string of the molecule is O=C(CN1CCN(c2ccc(Cl)cc2)C1=O)NCC(F)(F)F. The predicted molar refractivity (Wildman–Crippen MR) is 74.8 cm³/mol. The summed E-state index contributed by atoms with van der Waals surface area (Å²) in [6.07, 6.45) is -4.47. The van der Waals surface area contributed by atoms with Crippen LogP contribution in [0.4, 0.5) is 23.7 Å². The Labute approximate surface area is 129 Å². The molecule has 1 aliphatic heterocycles. The van der Waals surface area contributed by atoms with Gasteiger partial charge in [-0.2, -0.15) is 13.2 Å². The van der Waals surface area contributed by atoms with E-state index in [1.165, 1.54) is 9.80 Å². The maximum absolute atomic E-state index is 12.1. The van der Waals surface area contributed by atoms with Crippen LogP contribution in [0, 0.1) is 0 Å². The number of carbonyl (C=O) groups is 2. The van der Waals surface area contributed by atoms with E-state index in [0.717, 1.165) is 0 Å². The lowest BCUT2D eigenvalue weighted by Crippen LogP contribution is -2.42. The maximum Gasteiger partial charge on any atom is 0.405 e. The van der Waals surface area contributed by atoms with Gasteiger partial charge in [-0.15, -0.1) is 0 Å². The van der Waals surface area contributed by atoms with Gasteiger partial charge in [-0.3, -0.25) is 9.69 Å². The molecule has 2 rings (SSSR count). The molecule has 0 atom stereocenters. The molecule has 3 amide bonds. The average Bonchev–Trinajstić information content (AvgIpc) is 2.78. The van der Waals surface area contributed by atoms with Crippen molar-refractivity contribution in [3.63, 3.8) is 0 Å². The summed E-state index contributed by atoms with van der Waals surface area (Å²) < 4.78 is 36.0. The number of carbonyl (C=O) groups excluding carboxylic acids is 2. The van der Waals surface area contributed by atoms with Crippen molar-refractivity contribution in [1.29, 1.82) is 0 Å². The van der Waals surface area contributed by atoms with Gasteiger partial charge in [-0.25, -0.2) is 4.79 Å². The average molecular weight is 336 g/mol. The molecule has 1 aromatic rings. The molecular weight excluding hydrogens is 323 g/mol. The molecule has 0 radical (unpaired) electrons. The minimum atomic E-state index is -4.47. The van der Waals surface area contributed by atoms with Crippen LogP contribution in [0.1, 0.15) is 0 Å². The van der Waals surface area contributed by atoms with Gasteiger partial charge < -0.3 is 10.2 Å².